The first kappa shape index (κ1) is 22.5. The van der Waals surface area contributed by atoms with Crippen LogP contribution in [0.5, 0.6) is 0 Å². The molecule has 3 aromatic rings. The van der Waals surface area contributed by atoms with Gasteiger partial charge in [-0.2, -0.15) is 0 Å². The van der Waals surface area contributed by atoms with Gasteiger partial charge in [0.15, 0.2) is 0 Å². The Hall–Kier alpha value is -3.65. The molecule has 0 aliphatic carbocycles. The minimum atomic E-state index is -0.618. The number of piperidine rings is 1. The Labute approximate surface area is 191 Å². The van der Waals surface area contributed by atoms with Crippen LogP contribution in [0.3, 0.4) is 0 Å². The van der Waals surface area contributed by atoms with Crippen molar-refractivity contribution in [1.82, 2.24) is 0 Å². The summed E-state index contributed by atoms with van der Waals surface area (Å²) in [6, 6.07) is 15.9. The van der Waals surface area contributed by atoms with E-state index in [1.54, 1.807) is 31.3 Å². The fourth-order valence-corrected chi connectivity index (χ4v) is 3.76. The fourth-order valence-electron chi connectivity index (χ4n) is 3.76. The number of carbonyl (C=O) groups excluding carboxylic acids is 1. The molecular weight excluding hydrogens is 426 g/mol. The van der Waals surface area contributed by atoms with E-state index >= 15 is 0 Å². The van der Waals surface area contributed by atoms with Gasteiger partial charge in [-0.1, -0.05) is 0 Å². The predicted octanol–water partition coefficient (Wildman–Crippen LogP) is 4.96. The molecule has 6 nitrogen and oxygen atoms in total. The van der Waals surface area contributed by atoms with Crippen molar-refractivity contribution in [2.75, 3.05) is 41.0 Å². The highest BCUT2D eigenvalue weighted by molar-refractivity contribution is 6.04. The number of benzene rings is 3. The highest BCUT2D eigenvalue weighted by atomic mass is 19.1. The number of nitrogens with zero attached hydrogens (tertiary/aromatic N) is 1. The average molecular weight is 453 g/mol. The van der Waals surface area contributed by atoms with Gasteiger partial charge in [-0.25, -0.2) is 8.78 Å². The van der Waals surface area contributed by atoms with Crippen LogP contribution in [0.25, 0.3) is 0 Å². The Morgan fingerprint density at radius 3 is 2.06 bits per heavy atom. The second-order valence-electron chi connectivity index (χ2n) is 7.98. The highest BCUT2D eigenvalue weighted by Gasteiger charge is 2.17. The fraction of sp³-hybridized carbons (Fsp3) is 0.240. The molecule has 4 N–H and O–H groups in total. The zero-order valence-electron chi connectivity index (χ0n) is 18.2. The topological polar surface area (TPSA) is 76.6 Å². The third-order valence-corrected chi connectivity index (χ3v) is 5.71. The molecule has 33 heavy (non-hydrogen) atoms. The lowest BCUT2D eigenvalue weighted by atomic mass is 10.1. The zero-order valence-corrected chi connectivity index (χ0v) is 18.2. The van der Waals surface area contributed by atoms with Gasteiger partial charge in [-0.15, -0.1) is 0 Å². The number of hydrogen-bond acceptors (Lipinski definition) is 5. The number of carbonyl (C=O) groups is 1. The van der Waals surface area contributed by atoms with Crippen molar-refractivity contribution in [2.45, 2.75) is 18.9 Å². The van der Waals surface area contributed by atoms with Crippen molar-refractivity contribution in [3.63, 3.8) is 0 Å². The first-order valence-corrected chi connectivity index (χ1v) is 10.8. The van der Waals surface area contributed by atoms with Gasteiger partial charge in [-0.3, -0.25) is 4.79 Å². The maximum absolute atomic E-state index is 14.6. The van der Waals surface area contributed by atoms with E-state index in [0.717, 1.165) is 31.6 Å². The number of hydrogen-bond donors (Lipinski definition) is 4. The normalized spacial score (nSPS) is 14.1. The molecule has 3 aromatic carbocycles. The lowest BCUT2D eigenvalue weighted by molar-refractivity contribution is 0.102. The summed E-state index contributed by atoms with van der Waals surface area (Å²) in [5.74, 6) is -1.49. The first-order valence-electron chi connectivity index (χ1n) is 10.8. The monoisotopic (exact) mass is 452 g/mol. The summed E-state index contributed by atoms with van der Waals surface area (Å²) in [7, 11) is 1.68. The molecule has 0 spiro atoms. The van der Waals surface area contributed by atoms with Gasteiger partial charge in [-0.05, 0) is 73.5 Å². The molecule has 1 heterocycles. The molecule has 8 heteroatoms. The SMILES string of the molecule is CNc1ccc(Nc2ccc(NC(=O)c3ccc(N4CCC(O)CC4)cc3)cc2F)c(F)c1. The molecular formula is C25H26F2N4O2. The number of aliphatic hydroxyl groups is 1. The molecule has 4 rings (SSSR count). The minimum absolute atomic E-state index is 0.0973. The predicted molar refractivity (Wildman–Crippen MR) is 127 cm³/mol. The quantitative estimate of drug-likeness (QED) is 0.425. The summed E-state index contributed by atoms with van der Waals surface area (Å²) in [4.78, 5) is 14.8. The van der Waals surface area contributed by atoms with E-state index < -0.39 is 11.6 Å². The highest BCUT2D eigenvalue weighted by Crippen LogP contribution is 2.27. The number of anilines is 5. The largest absolute Gasteiger partial charge is 0.393 e. The van der Waals surface area contributed by atoms with Gasteiger partial charge < -0.3 is 26.0 Å². The molecule has 172 valence electrons. The molecule has 0 unspecified atom stereocenters. The van der Waals surface area contributed by atoms with Crippen molar-refractivity contribution in [3.05, 3.63) is 77.9 Å². The summed E-state index contributed by atoms with van der Waals surface area (Å²) >= 11 is 0. The van der Waals surface area contributed by atoms with E-state index in [1.165, 1.54) is 24.3 Å². The molecule has 0 atom stereocenters. The Morgan fingerprint density at radius 1 is 0.909 bits per heavy atom. The van der Waals surface area contributed by atoms with E-state index in [2.05, 4.69) is 20.9 Å². The molecule has 1 fully saturated rings. The molecule has 0 bridgehead atoms. The maximum Gasteiger partial charge on any atom is 0.255 e. The Bertz CT molecular complexity index is 1130. The number of nitrogens with one attached hydrogen (secondary N) is 3. The van der Waals surface area contributed by atoms with Gasteiger partial charge in [0, 0.05) is 42.8 Å². The van der Waals surface area contributed by atoms with Crippen molar-refractivity contribution in [2.24, 2.45) is 0 Å². The van der Waals surface area contributed by atoms with Crippen molar-refractivity contribution in [1.29, 1.82) is 0 Å². The number of halogens is 2. The Morgan fingerprint density at radius 2 is 1.48 bits per heavy atom. The Kier molecular flexibility index (Phi) is 6.74. The van der Waals surface area contributed by atoms with Gasteiger partial charge >= 0.3 is 0 Å². The van der Waals surface area contributed by atoms with E-state index in [0.29, 0.717) is 16.9 Å². The first-order chi connectivity index (χ1) is 15.9. The van der Waals surface area contributed by atoms with Crippen LogP contribution in [0.1, 0.15) is 23.2 Å². The van der Waals surface area contributed by atoms with Crippen LogP contribution >= 0.6 is 0 Å². The summed E-state index contributed by atoms with van der Waals surface area (Å²) in [6.07, 6.45) is 1.21. The lowest BCUT2D eigenvalue weighted by Gasteiger charge is -2.31. The zero-order chi connectivity index (χ0) is 23.4. The number of rotatable bonds is 6. The van der Waals surface area contributed by atoms with Gasteiger partial charge in [0.2, 0.25) is 0 Å². The summed E-state index contributed by atoms with van der Waals surface area (Å²) in [6.45, 7) is 1.55. The third kappa shape index (κ3) is 5.40. The molecule has 1 aliphatic rings. The van der Waals surface area contributed by atoms with E-state index in [4.69, 9.17) is 0 Å². The van der Waals surface area contributed by atoms with E-state index in [9.17, 15) is 18.7 Å². The van der Waals surface area contributed by atoms with Crippen LogP contribution in [0.4, 0.5) is 37.2 Å². The molecule has 1 aliphatic heterocycles. The van der Waals surface area contributed by atoms with Crippen LogP contribution in [-0.4, -0.2) is 37.3 Å². The van der Waals surface area contributed by atoms with Crippen molar-refractivity contribution < 1.29 is 18.7 Å². The van der Waals surface area contributed by atoms with Gasteiger partial charge in [0.25, 0.3) is 5.91 Å². The Balaban J connectivity index is 1.40. The van der Waals surface area contributed by atoms with Crippen molar-refractivity contribution in [3.8, 4) is 0 Å². The molecule has 0 aromatic heterocycles. The van der Waals surface area contributed by atoms with Gasteiger partial charge in [0.05, 0.1) is 17.5 Å². The van der Waals surface area contributed by atoms with E-state index in [-0.39, 0.29) is 23.4 Å². The molecule has 0 saturated carbocycles. The molecule has 1 saturated heterocycles. The minimum Gasteiger partial charge on any atom is -0.393 e. The van der Waals surface area contributed by atoms with Gasteiger partial charge in [0.1, 0.15) is 11.6 Å². The summed E-state index contributed by atoms with van der Waals surface area (Å²) in [5, 5.41) is 17.9. The molecule has 0 radical (unpaired) electrons. The van der Waals surface area contributed by atoms with E-state index in [1.807, 2.05) is 12.1 Å². The average Bonchev–Trinajstić information content (AvgIpc) is 2.82. The van der Waals surface area contributed by atoms with Crippen LogP contribution in [-0.2, 0) is 0 Å². The number of aliphatic hydroxyl groups excluding tert-OH is 1. The smallest absolute Gasteiger partial charge is 0.255 e. The standard InChI is InChI=1S/C25H26F2N4O2/c1-28-17-4-8-23(21(26)14-17)30-24-9-5-18(15-22(24)27)29-25(33)16-2-6-19(7-3-16)31-12-10-20(32)11-13-31/h2-9,14-15,20,28,30,32H,10-13H2,1H3,(H,29,33). The third-order valence-electron chi connectivity index (χ3n) is 5.71. The maximum atomic E-state index is 14.6. The summed E-state index contributed by atoms with van der Waals surface area (Å²) < 4.78 is 28.7. The van der Waals surface area contributed by atoms with Crippen LogP contribution < -0.4 is 20.9 Å². The molecule has 1 amide bonds. The van der Waals surface area contributed by atoms with Crippen molar-refractivity contribution >= 4 is 34.3 Å². The lowest BCUT2D eigenvalue weighted by Crippen LogP contribution is -2.35. The second kappa shape index (κ2) is 9.87. The second-order valence-corrected chi connectivity index (χ2v) is 7.98. The van der Waals surface area contributed by atoms with Crippen LogP contribution in [0, 0.1) is 11.6 Å². The number of amides is 1. The summed E-state index contributed by atoms with van der Waals surface area (Å²) in [5.41, 5.74) is 2.59. The van der Waals surface area contributed by atoms with Crippen LogP contribution in [0.2, 0.25) is 0 Å². The van der Waals surface area contributed by atoms with Crippen LogP contribution in [0.15, 0.2) is 60.7 Å².